The number of carboxylic acids is 1. The Balaban J connectivity index is 1.88. The minimum Gasteiger partial charge on any atom is -0.480 e. The first-order valence-electron chi connectivity index (χ1n) is 9.20. The largest absolute Gasteiger partial charge is 0.480 e. The van der Waals surface area contributed by atoms with Crippen LogP contribution < -0.4 is 11.0 Å². The highest BCUT2D eigenvalue weighted by molar-refractivity contribution is 5.99. The van der Waals surface area contributed by atoms with Crippen molar-refractivity contribution in [1.82, 2.24) is 14.9 Å². The van der Waals surface area contributed by atoms with Crippen molar-refractivity contribution >= 4 is 22.9 Å². The van der Waals surface area contributed by atoms with Gasteiger partial charge in [-0.3, -0.25) is 9.36 Å². The second-order valence-electron chi connectivity index (χ2n) is 7.15. The maximum absolute atomic E-state index is 12.5. The zero-order valence-electron chi connectivity index (χ0n) is 15.1. The molecule has 7 nitrogen and oxygen atoms in total. The van der Waals surface area contributed by atoms with E-state index in [9.17, 15) is 19.5 Å². The minimum absolute atomic E-state index is 0.160. The van der Waals surface area contributed by atoms with Crippen LogP contribution in [0.25, 0.3) is 11.0 Å². The summed E-state index contributed by atoms with van der Waals surface area (Å²) in [6, 6.07) is 4.29. The normalized spacial score (nSPS) is 17.3. The number of H-pyrrole nitrogens is 1. The molecule has 0 bridgehead atoms. The fourth-order valence-corrected chi connectivity index (χ4v) is 3.70. The van der Waals surface area contributed by atoms with Crippen LogP contribution in [0.4, 0.5) is 0 Å². The van der Waals surface area contributed by atoms with Gasteiger partial charge in [-0.05, 0) is 37.0 Å². The highest BCUT2D eigenvalue weighted by Crippen LogP contribution is 2.30. The average Bonchev–Trinajstić information content (AvgIpc) is 3.24. The molecule has 0 radical (unpaired) electrons. The lowest BCUT2D eigenvalue weighted by molar-refractivity contribution is -0.140. The number of amides is 1. The number of nitrogens with one attached hydrogen (secondary N) is 2. The molecule has 3 N–H and O–H groups in total. The molecular formula is C19H25N3O4. The third-order valence-electron chi connectivity index (χ3n) is 5.43. The fourth-order valence-electron chi connectivity index (χ4n) is 3.70. The number of hydrogen-bond donors (Lipinski definition) is 3. The number of aromatic amines is 1. The van der Waals surface area contributed by atoms with Crippen molar-refractivity contribution in [3.05, 3.63) is 34.2 Å². The number of carbonyl (C=O) groups excluding carboxylic acids is 1. The molecule has 26 heavy (non-hydrogen) atoms. The molecule has 0 aliphatic heterocycles. The molecule has 0 saturated heterocycles. The molecule has 1 amide bonds. The standard InChI is InChI=1S/C19H25N3O4/c1-3-11(2)16(18(24)25)21-17(23)12-8-9-15-14(10-12)20-19(26)22(15)13-6-4-5-7-13/h8-11,13,16H,3-7H2,1-2H3,(H,20,26)(H,21,23)(H,24,25)/t11-,16-/m0/s1. The maximum atomic E-state index is 12.5. The molecule has 2 aromatic rings. The smallest absolute Gasteiger partial charge is 0.326 e. The molecule has 1 heterocycles. The van der Waals surface area contributed by atoms with E-state index in [4.69, 9.17) is 0 Å². The summed E-state index contributed by atoms with van der Waals surface area (Å²) in [6.07, 6.45) is 4.87. The molecule has 7 heteroatoms. The topological polar surface area (TPSA) is 104 Å². The van der Waals surface area contributed by atoms with Crippen LogP contribution in [-0.4, -0.2) is 32.6 Å². The summed E-state index contributed by atoms with van der Waals surface area (Å²) in [5.74, 6) is -1.67. The van der Waals surface area contributed by atoms with Crippen LogP contribution in [0.1, 0.15) is 62.4 Å². The molecule has 1 aromatic heterocycles. The first kappa shape index (κ1) is 18.2. The van der Waals surface area contributed by atoms with Crippen LogP contribution >= 0.6 is 0 Å². The Kier molecular flexibility index (Phi) is 5.15. The van der Waals surface area contributed by atoms with Gasteiger partial charge in [0.25, 0.3) is 5.91 Å². The Bertz CT molecular complexity index is 877. The Morgan fingerprint density at radius 1 is 1.35 bits per heavy atom. The van der Waals surface area contributed by atoms with Gasteiger partial charge in [-0.25, -0.2) is 9.59 Å². The Labute approximate surface area is 151 Å². The quantitative estimate of drug-likeness (QED) is 0.737. The monoisotopic (exact) mass is 359 g/mol. The van der Waals surface area contributed by atoms with Crippen LogP contribution in [0.15, 0.2) is 23.0 Å². The van der Waals surface area contributed by atoms with Crippen molar-refractivity contribution in [1.29, 1.82) is 0 Å². The van der Waals surface area contributed by atoms with E-state index in [0.717, 1.165) is 31.2 Å². The first-order valence-corrected chi connectivity index (χ1v) is 9.20. The number of imidazole rings is 1. The lowest BCUT2D eigenvalue weighted by atomic mass is 9.99. The van der Waals surface area contributed by atoms with E-state index < -0.39 is 17.9 Å². The number of hydrogen-bond acceptors (Lipinski definition) is 3. The van der Waals surface area contributed by atoms with Gasteiger partial charge in [-0.15, -0.1) is 0 Å². The van der Waals surface area contributed by atoms with Crippen molar-refractivity contribution in [3.63, 3.8) is 0 Å². The number of nitrogens with zero attached hydrogens (tertiary/aromatic N) is 1. The second-order valence-corrected chi connectivity index (χ2v) is 7.15. The van der Waals surface area contributed by atoms with Gasteiger partial charge in [0, 0.05) is 11.6 Å². The molecule has 2 atom stereocenters. The van der Waals surface area contributed by atoms with Crippen LogP contribution in [0.3, 0.4) is 0 Å². The summed E-state index contributed by atoms with van der Waals surface area (Å²) in [6.45, 7) is 3.68. The predicted molar refractivity (Wildman–Crippen MR) is 98.4 cm³/mol. The van der Waals surface area contributed by atoms with Gasteiger partial charge in [-0.1, -0.05) is 33.1 Å². The predicted octanol–water partition coefficient (Wildman–Crippen LogP) is 2.67. The summed E-state index contributed by atoms with van der Waals surface area (Å²) in [4.78, 5) is 39.1. The molecule has 0 unspecified atom stereocenters. The van der Waals surface area contributed by atoms with E-state index in [0.29, 0.717) is 17.5 Å². The summed E-state index contributed by atoms with van der Waals surface area (Å²) in [7, 11) is 0. The summed E-state index contributed by atoms with van der Waals surface area (Å²) in [5.41, 5.74) is 1.57. The van der Waals surface area contributed by atoms with Crippen molar-refractivity contribution in [2.75, 3.05) is 0 Å². The molecular weight excluding hydrogens is 334 g/mol. The van der Waals surface area contributed by atoms with Gasteiger partial charge in [0.15, 0.2) is 0 Å². The van der Waals surface area contributed by atoms with Gasteiger partial charge in [0.1, 0.15) is 6.04 Å². The van der Waals surface area contributed by atoms with Gasteiger partial charge < -0.3 is 15.4 Å². The zero-order chi connectivity index (χ0) is 18.8. The van der Waals surface area contributed by atoms with E-state index in [1.807, 2.05) is 6.92 Å². The van der Waals surface area contributed by atoms with Crippen LogP contribution in [-0.2, 0) is 4.79 Å². The molecule has 1 saturated carbocycles. The number of aromatic nitrogens is 2. The molecule has 1 aliphatic rings. The average molecular weight is 359 g/mol. The highest BCUT2D eigenvalue weighted by atomic mass is 16.4. The summed E-state index contributed by atoms with van der Waals surface area (Å²) >= 11 is 0. The Hall–Kier alpha value is -2.57. The lowest BCUT2D eigenvalue weighted by Gasteiger charge is -2.20. The van der Waals surface area contributed by atoms with Crippen LogP contribution in [0, 0.1) is 5.92 Å². The van der Waals surface area contributed by atoms with Crippen molar-refractivity contribution in [3.8, 4) is 0 Å². The van der Waals surface area contributed by atoms with Crippen molar-refractivity contribution in [2.24, 2.45) is 5.92 Å². The van der Waals surface area contributed by atoms with Crippen molar-refractivity contribution < 1.29 is 14.7 Å². The molecule has 140 valence electrons. The second kappa shape index (κ2) is 7.35. The number of rotatable bonds is 6. The number of carboxylic acid groups (broad SMARTS) is 1. The van der Waals surface area contributed by atoms with Gasteiger partial charge >= 0.3 is 11.7 Å². The summed E-state index contributed by atoms with van der Waals surface area (Å²) < 4.78 is 1.78. The third kappa shape index (κ3) is 3.38. The van der Waals surface area contributed by atoms with E-state index in [1.165, 1.54) is 0 Å². The van der Waals surface area contributed by atoms with Gasteiger partial charge in [0.2, 0.25) is 0 Å². The molecule has 0 spiro atoms. The molecule has 1 fully saturated rings. The van der Waals surface area contributed by atoms with Crippen molar-refractivity contribution in [2.45, 2.75) is 58.0 Å². The number of aliphatic carboxylic acids is 1. The zero-order valence-corrected chi connectivity index (χ0v) is 15.1. The van der Waals surface area contributed by atoms with E-state index in [-0.39, 0.29) is 17.6 Å². The summed E-state index contributed by atoms with van der Waals surface area (Å²) in [5, 5.41) is 11.9. The minimum atomic E-state index is -1.05. The maximum Gasteiger partial charge on any atom is 0.326 e. The van der Waals surface area contributed by atoms with Gasteiger partial charge in [0.05, 0.1) is 11.0 Å². The molecule has 1 aliphatic carbocycles. The molecule has 1 aromatic carbocycles. The lowest BCUT2D eigenvalue weighted by Crippen LogP contribution is -2.45. The number of carbonyl (C=O) groups is 2. The van der Waals surface area contributed by atoms with E-state index in [2.05, 4.69) is 10.3 Å². The first-order chi connectivity index (χ1) is 12.4. The molecule has 3 rings (SSSR count). The number of fused-ring (bicyclic) bond motifs is 1. The van der Waals surface area contributed by atoms with E-state index >= 15 is 0 Å². The Morgan fingerprint density at radius 3 is 2.65 bits per heavy atom. The highest BCUT2D eigenvalue weighted by Gasteiger charge is 2.26. The van der Waals surface area contributed by atoms with Gasteiger partial charge in [-0.2, -0.15) is 0 Å². The Morgan fingerprint density at radius 2 is 2.04 bits per heavy atom. The number of benzene rings is 1. The van der Waals surface area contributed by atoms with E-state index in [1.54, 1.807) is 29.7 Å². The third-order valence-corrected chi connectivity index (χ3v) is 5.43. The SMILES string of the molecule is CC[C@H](C)[C@H](NC(=O)c1ccc2c(c1)[nH]c(=O)n2C1CCCC1)C(=O)O. The fraction of sp³-hybridized carbons (Fsp3) is 0.526. The van der Waals surface area contributed by atoms with Crippen LogP contribution in [0.5, 0.6) is 0 Å². The van der Waals surface area contributed by atoms with Crippen LogP contribution in [0.2, 0.25) is 0 Å².